The van der Waals surface area contributed by atoms with Crippen LogP contribution < -0.4 is 11.1 Å². The minimum absolute atomic E-state index is 0.101. The van der Waals surface area contributed by atoms with Gasteiger partial charge in [0.25, 0.3) is 5.91 Å². The molecule has 0 unspecified atom stereocenters. The largest absolute Gasteiger partial charge is 0.346 e. The van der Waals surface area contributed by atoms with Crippen molar-refractivity contribution in [3.8, 4) is 5.13 Å². The highest BCUT2D eigenvalue weighted by molar-refractivity contribution is 7.12. The maximum Gasteiger partial charge on any atom is 0.253 e. The van der Waals surface area contributed by atoms with E-state index in [9.17, 15) is 4.79 Å². The predicted molar refractivity (Wildman–Crippen MR) is 81.5 cm³/mol. The minimum atomic E-state index is -0.416. The van der Waals surface area contributed by atoms with E-state index < -0.39 is 5.54 Å². The van der Waals surface area contributed by atoms with Gasteiger partial charge in [-0.3, -0.25) is 9.36 Å². The third-order valence-corrected chi connectivity index (χ3v) is 4.01. The van der Waals surface area contributed by atoms with Crippen LogP contribution in [0, 0.1) is 13.8 Å². The van der Waals surface area contributed by atoms with Crippen LogP contribution in [0.5, 0.6) is 0 Å². The molecular weight excluding hydrogens is 272 g/mol. The molecule has 2 aromatic rings. The molecule has 5 nitrogen and oxygen atoms in total. The first-order valence-electron chi connectivity index (χ1n) is 6.47. The summed E-state index contributed by atoms with van der Waals surface area (Å²) in [6.07, 6.45) is 1.76. The standard InChI is InChI=1S/C14H20N4OS/c1-9-7-11(12(19)17-14(3,4)8-15)10(2)18(9)13-16-5-6-20-13/h5-7H,8,15H2,1-4H3,(H,17,19). The molecule has 3 N–H and O–H groups in total. The summed E-state index contributed by atoms with van der Waals surface area (Å²) in [5.41, 5.74) is 7.79. The summed E-state index contributed by atoms with van der Waals surface area (Å²) in [6, 6.07) is 1.89. The molecule has 20 heavy (non-hydrogen) atoms. The molecule has 0 aliphatic heterocycles. The lowest BCUT2D eigenvalue weighted by molar-refractivity contribution is 0.0915. The van der Waals surface area contributed by atoms with Crippen LogP contribution in [0.15, 0.2) is 17.6 Å². The van der Waals surface area contributed by atoms with E-state index in [1.54, 1.807) is 17.5 Å². The Bertz CT molecular complexity index is 613. The normalized spacial score (nSPS) is 11.7. The van der Waals surface area contributed by atoms with E-state index in [2.05, 4.69) is 10.3 Å². The van der Waals surface area contributed by atoms with E-state index in [1.165, 1.54) is 0 Å². The van der Waals surface area contributed by atoms with Gasteiger partial charge in [-0.1, -0.05) is 0 Å². The van der Waals surface area contributed by atoms with Crippen molar-refractivity contribution >= 4 is 17.2 Å². The van der Waals surface area contributed by atoms with Crippen LogP contribution in [0.25, 0.3) is 5.13 Å². The lowest BCUT2D eigenvalue weighted by Gasteiger charge is -2.24. The van der Waals surface area contributed by atoms with E-state index in [4.69, 9.17) is 5.73 Å². The van der Waals surface area contributed by atoms with E-state index in [0.29, 0.717) is 12.1 Å². The average Bonchev–Trinajstić information content (AvgIpc) is 2.97. The van der Waals surface area contributed by atoms with Crippen LogP contribution in [0.1, 0.15) is 35.6 Å². The smallest absolute Gasteiger partial charge is 0.253 e. The fourth-order valence-electron chi connectivity index (χ4n) is 2.04. The summed E-state index contributed by atoms with van der Waals surface area (Å²) >= 11 is 1.55. The molecule has 0 saturated heterocycles. The minimum Gasteiger partial charge on any atom is -0.346 e. The van der Waals surface area contributed by atoms with Crippen LogP contribution in [-0.2, 0) is 0 Å². The first-order chi connectivity index (χ1) is 9.35. The van der Waals surface area contributed by atoms with Gasteiger partial charge in [-0.05, 0) is 33.8 Å². The van der Waals surface area contributed by atoms with Crippen molar-refractivity contribution in [3.05, 3.63) is 34.6 Å². The van der Waals surface area contributed by atoms with Crippen molar-refractivity contribution in [1.29, 1.82) is 0 Å². The van der Waals surface area contributed by atoms with E-state index in [0.717, 1.165) is 16.5 Å². The van der Waals surface area contributed by atoms with E-state index in [1.807, 2.05) is 43.7 Å². The summed E-state index contributed by atoms with van der Waals surface area (Å²) in [4.78, 5) is 16.7. The lowest BCUT2D eigenvalue weighted by atomic mass is 10.1. The number of aromatic nitrogens is 2. The molecule has 108 valence electrons. The van der Waals surface area contributed by atoms with E-state index in [-0.39, 0.29) is 5.91 Å². The molecule has 0 aromatic carbocycles. The molecule has 0 aliphatic rings. The number of carbonyl (C=O) groups is 1. The summed E-state index contributed by atoms with van der Waals surface area (Å²) < 4.78 is 2.00. The van der Waals surface area contributed by atoms with Crippen molar-refractivity contribution in [2.75, 3.05) is 6.54 Å². The van der Waals surface area contributed by atoms with Gasteiger partial charge in [0.1, 0.15) is 0 Å². The van der Waals surface area contributed by atoms with Crippen molar-refractivity contribution in [2.45, 2.75) is 33.2 Å². The first-order valence-corrected chi connectivity index (χ1v) is 7.35. The maximum absolute atomic E-state index is 12.4. The Morgan fingerprint density at radius 1 is 1.50 bits per heavy atom. The van der Waals surface area contributed by atoms with Gasteiger partial charge in [-0.15, -0.1) is 11.3 Å². The molecule has 2 rings (SSSR count). The van der Waals surface area contributed by atoms with Gasteiger partial charge in [-0.2, -0.15) is 0 Å². The summed E-state index contributed by atoms with van der Waals surface area (Å²) in [5, 5.41) is 5.75. The fraction of sp³-hybridized carbons (Fsp3) is 0.429. The molecule has 2 heterocycles. The van der Waals surface area contributed by atoms with Crippen LogP contribution in [-0.4, -0.2) is 27.5 Å². The Morgan fingerprint density at radius 3 is 2.75 bits per heavy atom. The zero-order valence-corrected chi connectivity index (χ0v) is 13.0. The monoisotopic (exact) mass is 292 g/mol. The molecular formula is C14H20N4OS. The molecule has 0 radical (unpaired) electrons. The lowest BCUT2D eigenvalue weighted by Crippen LogP contribution is -2.48. The second kappa shape index (κ2) is 5.38. The van der Waals surface area contributed by atoms with Gasteiger partial charge >= 0.3 is 0 Å². The van der Waals surface area contributed by atoms with Crippen molar-refractivity contribution in [2.24, 2.45) is 5.73 Å². The molecule has 0 aliphatic carbocycles. The SMILES string of the molecule is Cc1cc(C(=O)NC(C)(C)CN)c(C)n1-c1nccs1. The average molecular weight is 292 g/mol. The number of nitrogens with one attached hydrogen (secondary N) is 1. The van der Waals surface area contributed by atoms with Crippen LogP contribution in [0.2, 0.25) is 0 Å². The zero-order valence-electron chi connectivity index (χ0n) is 12.2. The molecule has 1 amide bonds. The third-order valence-electron chi connectivity index (χ3n) is 3.25. The number of hydrogen-bond acceptors (Lipinski definition) is 4. The highest BCUT2D eigenvalue weighted by Gasteiger charge is 2.23. The van der Waals surface area contributed by atoms with Crippen LogP contribution in [0.3, 0.4) is 0 Å². The number of aryl methyl sites for hydroxylation is 1. The van der Waals surface area contributed by atoms with Gasteiger partial charge in [0.15, 0.2) is 5.13 Å². The Morgan fingerprint density at radius 2 is 2.20 bits per heavy atom. The van der Waals surface area contributed by atoms with E-state index >= 15 is 0 Å². The summed E-state index contributed by atoms with van der Waals surface area (Å²) in [6.45, 7) is 8.11. The van der Waals surface area contributed by atoms with Crippen LogP contribution in [0.4, 0.5) is 0 Å². The number of thiazole rings is 1. The summed E-state index contributed by atoms with van der Waals surface area (Å²) in [7, 11) is 0. The predicted octanol–water partition coefficient (Wildman–Crippen LogP) is 2.02. The zero-order chi connectivity index (χ0) is 14.9. The highest BCUT2D eigenvalue weighted by atomic mass is 32.1. The third kappa shape index (κ3) is 2.76. The van der Waals surface area contributed by atoms with Gasteiger partial charge in [0.05, 0.1) is 5.56 Å². The molecule has 0 bridgehead atoms. The maximum atomic E-state index is 12.4. The molecule has 2 aromatic heterocycles. The highest BCUT2D eigenvalue weighted by Crippen LogP contribution is 2.22. The number of nitrogens with two attached hydrogens (primary N) is 1. The number of nitrogens with zero attached hydrogens (tertiary/aromatic N) is 2. The number of rotatable bonds is 4. The number of carbonyl (C=O) groups excluding carboxylic acids is 1. The summed E-state index contributed by atoms with van der Waals surface area (Å²) in [5.74, 6) is -0.101. The Hall–Kier alpha value is -1.66. The van der Waals surface area contributed by atoms with Gasteiger partial charge in [0.2, 0.25) is 0 Å². The molecule has 0 fully saturated rings. The topological polar surface area (TPSA) is 72.9 Å². The first kappa shape index (κ1) is 14.7. The van der Waals surface area contributed by atoms with Crippen LogP contribution >= 0.6 is 11.3 Å². The Balaban J connectivity index is 2.36. The molecule has 0 atom stereocenters. The van der Waals surface area contributed by atoms with Crippen molar-refractivity contribution in [1.82, 2.24) is 14.9 Å². The van der Waals surface area contributed by atoms with Gasteiger partial charge in [-0.25, -0.2) is 4.98 Å². The fourth-order valence-corrected chi connectivity index (χ4v) is 2.79. The Kier molecular flexibility index (Phi) is 3.96. The molecule has 0 spiro atoms. The van der Waals surface area contributed by atoms with Gasteiger partial charge < -0.3 is 11.1 Å². The van der Waals surface area contributed by atoms with Crippen molar-refractivity contribution < 1.29 is 4.79 Å². The number of hydrogen-bond donors (Lipinski definition) is 2. The molecule has 0 saturated carbocycles. The Labute approximate surface area is 122 Å². The quantitative estimate of drug-likeness (QED) is 0.905. The second-order valence-corrected chi connectivity index (χ2v) is 6.35. The van der Waals surface area contributed by atoms with Crippen molar-refractivity contribution in [3.63, 3.8) is 0 Å². The van der Waals surface area contributed by atoms with Gasteiger partial charge in [0, 0.05) is 35.0 Å². The molecule has 6 heteroatoms. The number of amides is 1. The second-order valence-electron chi connectivity index (χ2n) is 5.48.